The molecule has 2 aliphatic rings. The molecule has 1 saturated heterocycles. The van der Waals surface area contributed by atoms with Gasteiger partial charge in [0, 0.05) is 12.0 Å². The van der Waals surface area contributed by atoms with Gasteiger partial charge in [-0.2, -0.15) is 0 Å². The predicted molar refractivity (Wildman–Crippen MR) is 47.9 cm³/mol. The van der Waals surface area contributed by atoms with E-state index in [1.165, 1.54) is 12.1 Å². The van der Waals surface area contributed by atoms with Crippen LogP contribution in [0, 0.1) is 5.82 Å². The van der Waals surface area contributed by atoms with Gasteiger partial charge in [0.15, 0.2) is 6.61 Å². The minimum absolute atomic E-state index is 0.155. The molecule has 4 nitrogen and oxygen atoms in total. The highest BCUT2D eigenvalue weighted by Crippen LogP contribution is 2.35. The minimum Gasteiger partial charge on any atom is -0.464 e. The van der Waals surface area contributed by atoms with Gasteiger partial charge >= 0.3 is 6.09 Å². The van der Waals surface area contributed by atoms with Gasteiger partial charge < -0.3 is 9.47 Å². The highest BCUT2D eigenvalue weighted by atomic mass is 19.1. The molecule has 2 aliphatic heterocycles. The third-order valence-corrected chi connectivity index (χ3v) is 2.57. The van der Waals surface area contributed by atoms with Gasteiger partial charge in [0.1, 0.15) is 11.6 Å². The second-order valence-electron chi connectivity index (χ2n) is 3.73. The molecule has 0 saturated carbocycles. The highest BCUT2D eigenvalue weighted by molar-refractivity contribution is 5.71. The number of cyclic esters (lactones) is 1. The van der Waals surface area contributed by atoms with Gasteiger partial charge in [-0.05, 0) is 18.2 Å². The Morgan fingerprint density at radius 1 is 1.47 bits per heavy atom. The van der Waals surface area contributed by atoms with E-state index in [1.54, 1.807) is 6.07 Å². The van der Waals surface area contributed by atoms with E-state index in [4.69, 9.17) is 9.47 Å². The molecule has 0 radical (unpaired) electrons. The van der Waals surface area contributed by atoms with Crippen molar-refractivity contribution >= 4 is 6.09 Å². The number of carbonyl (C=O) groups excluding carboxylic acids is 1. The topological polar surface area (TPSA) is 47.6 Å². The number of fused-ring (bicyclic) bond motifs is 1. The Labute approximate surface area is 85.0 Å². The number of nitrogens with one attached hydrogen (secondary N) is 1. The summed E-state index contributed by atoms with van der Waals surface area (Å²) < 4.78 is 23.3. The first-order valence-electron chi connectivity index (χ1n) is 4.59. The number of ether oxygens (including phenoxy) is 2. The summed E-state index contributed by atoms with van der Waals surface area (Å²) in [6.07, 6.45) is -0.0606. The van der Waals surface area contributed by atoms with Gasteiger partial charge in [-0.1, -0.05) is 0 Å². The van der Waals surface area contributed by atoms with Crippen molar-refractivity contribution in [3.05, 3.63) is 29.6 Å². The van der Waals surface area contributed by atoms with E-state index in [0.717, 1.165) is 5.56 Å². The first-order chi connectivity index (χ1) is 7.17. The lowest BCUT2D eigenvalue weighted by molar-refractivity contribution is 0.0617. The molecule has 1 aromatic rings. The summed E-state index contributed by atoms with van der Waals surface area (Å²) in [6, 6.07) is 4.30. The Morgan fingerprint density at radius 2 is 2.33 bits per heavy atom. The predicted octanol–water partition coefficient (Wildman–Crippen LogP) is 1.20. The van der Waals surface area contributed by atoms with Crippen LogP contribution in [0.2, 0.25) is 0 Å². The molecule has 1 amide bonds. The lowest BCUT2D eigenvalue weighted by Gasteiger charge is -2.19. The largest absolute Gasteiger partial charge is 0.464 e. The average Bonchev–Trinajstić information content (AvgIpc) is 2.69. The van der Waals surface area contributed by atoms with E-state index < -0.39 is 11.8 Å². The van der Waals surface area contributed by atoms with Crippen molar-refractivity contribution < 1.29 is 18.7 Å². The maximum absolute atomic E-state index is 12.9. The zero-order chi connectivity index (χ0) is 10.5. The van der Waals surface area contributed by atoms with Crippen molar-refractivity contribution in [1.29, 1.82) is 0 Å². The van der Waals surface area contributed by atoms with Crippen LogP contribution in [0.15, 0.2) is 18.2 Å². The molecule has 0 bridgehead atoms. The number of rotatable bonds is 0. The van der Waals surface area contributed by atoms with Gasteiger partial charge in [-0.3, -0.25) is 5.32 Å². The number of halogens is 1. The van der Waals surface area contributed by atoms with Crippen molar-refractivity contribution in [3.63, 3.8) is 0 Å². The fourth-order valence-corrected chi connectivity index (χ4v) is 1.93. The fourth-order valence-electron chi connectivity index (χ4n) is 1.93. The summed E-state index contributed by atoms with van der Waals surface area (Å²) in [4.78, 5) is 10.9. The van der Waals surface area contributed by atoms with Crippen LogP contribution in [0.5, 0.6) is 5.75 Å². The molecular formula is C10H8FNO3. The highest BCUT2D eigenvalue weighted by Gasteiger charge is 2.46. The Kier molecular flexibility index (Phi) is 1.49. The van der Waals surface area contributed by atoms with Gasteiger partial charge in [-0.25, -0.2) is 9.18 Å². The van der Waals surface area contributed by atoms with Crippen molar-refractivity contribution in [2.45, 2.75) is 12.1 Å². The zero-order valence-electron chi connectivity index (χ0n) is 7.75. The monoisotopic (exact) mass is 209 g/mol. The number of alkyl carbamates (subject to hydrolysis) is 1. The maximum atomic E-state index is 12.9. The lowest BCUT2D eigenvalue weighted by Crippen LogP contribution is -2.47. The van der Waals surface area contributed by atoms with E-state index in [2.05, 4.69) is 5.32 Å². The summed E-state index contributed by atoms with van der Waals surface area (Å²) >= 11 is 0. The molecule has 5 heteroatoms. The van der Waals surface area contributed by atoms with Crippen molar-refractivity contribution in [2.75, 3.05) is 6.61 Å². The molecular weight excluding hydrogens is 201 g/mol. The molecule has 1 fully saturated rings. The van der Waals surface area contributed by atoms with Crippen LogP contribution in [0.25, 0.3) is 0 Å². The smallest absolute Gasteiger partial charge is 0.410 e. The van der Waals surface area contributed by atoms with Crippen LogP contribution >= 0.6 is 0 Å². The van der Waals surface area contributed by atoms with Crippen molar-refractivity contribution in [2.24, 2.45) is 0 Å². The Morgan fingerprint density at radius 3 is 3.07 bits per heavy atom. The number of amides is 1. The number of benzene rings is 1. The van der Waals surface area contributed by atoms with Gasteiger partial charge in [0.05, 0.1) is 0 Å². The first kappa shape index (κ1) is 8.52. The standard InChI is InChI=1S/C10H8FNO3/c11-7-1-2-8-6(3-7)4-10(15-8)5-14-9(13)12-10/h1-3H,4-5H2,(H,12,13). The molecule has 0 aliphatic carbocycles. The Balaban J connectivity index is 1.95. The van der Waals surface area contributed by atoms with Crippen LogP contribution in [0.4, 0.5) is 9.18 Å². The molecule has 1 spiro atoms. The minimum atomic E-state index is -0.826. The van der Waals surface area contributed by atoms with E-state index >= 15 is 0 Å². The second-order valence-corrected chi connectivity index (χ2v) is 3.73. The molecule has 2 heterocycles. The first-order valence-corrected chi connectivity index (χ1v) is 4.59. The third kappa shape index (κ3) is 1.23. The van der Waals surface area contributed by atoms with Gasteiger partial charge in [0.2, 0.25) is 5.72 Å². The summed E-state index contributed by atoms with van der Waals surface area (Å²) in [7, 11) is 0. The Bertz CT molecular complexity index is 448. The average molecular weight is 209 g/mol. The summed E-state index contributed by atoms with van der Waals surface area (Å²) in [5, 5.41) is 2.59. The molecule has 1 unspecified atom stereocenters. The van der Waals surface area contributed by atoms with Crippen LogP contribution in [-0.4, -0.2) is 18.4 Å². The summed E-state index contributed by atoms with van der Waals surface area (Å²) in [5.41, 5.74) is -0.0754. The van der Waals surface area contributed by atoms with Crippen LogP contribution in [-0.2, 0) is 11.2 Å². The lowest BCUT2D eigenvalue weighted by atomic mass is 10.1. The molecule has 1 aromatic carbocycles. The maximum Gasteiger partial charge on any atom is 0.410 e. The second kappa shape index (κ2) is 2.62. The van der Waals surface area contributed by atoms with Crippen LogP contribution in [0.3, 0.4) is 0 Å². The van der Waals surface area contributed by atoms with Crippen LogP contribution in [0.1, 0.15) is 5.56 Å². The van der Waals surface area contributed by atoms with E-state index in [9.17, 15) is 9.18 Å². The zero-order valence-corrected chi connectivity index (χ0v) is 7.75. The molecule has 1 atom stereocenters. The molecule has 15 heavy (non-hydrogen) atoms. The molecule has 78 valence electrons. The fraction of sp³-hybridized carbons (Fsp3) is 0.300. The normalized spacial score (nSPS) is 27.1. The molecule has 1 N–H and O–H groups in total. The van der Waals surface area contributed by atoms with Gasteiger partial charge in [0.25, 0.3) is 0 Å². The van der Waals surface area contributed by atoms with Crippen LogP contribution < -0.4 is 10.1 Å². The Hall–Kier alpha value is -1.78. The van der Waals surface area contributed by atoms with Crippen molar-refractivity contribution in [3.8, 4) is 5.75 Å². The van der Waals surface area contributed by atoms with Gasteiger partial charge in [-0.15, -0.1) is 0 Å². The van der Waals surface area contributed by atoms with Crippen molar-refractivity contribution in [1.82, 2.24) is 5.32 Å². The van der Waals surface area contributed by atoms with E-state index in [1.807, 2.05) is 0 Å². The number of hydrogen-bond acceptors (Lipinski definition) is 3. The number of hydrogen-bond donors (Lipinski definition) is 1. The number of carbonyl (C=O) groups is 1. The molecule has 0 aromatic heterocycles. The summed E-state index contributed by atoms with van der Waals surface area (Å²) in [5.74, 6) is 0.293. The summed E-state index contributed by atoms with van der Waals surface area (Å²) in [6.45, 7) is 0.155. The third-order valence-electron chi connectivity index (χ3n) is 2.57. The quantitative estimate of drug-likeness (QED) is 0.698. The van der Waals surface area contributed by atoms with E-state index in [-0.39, 0.29) is 12.4 Å². The SMILES string of the molecule is O=C1NC2(CO1)Cc1cc(F)ccc1O2. The van der Waals surface area contributed by atoms with E-state index in [0.29, 0.717) is 12.2 Å². The molecule has 3 rings (SSSR count).